The van der Waals surface area contributed by atoms with Crippen LogP contribution >= 0.6 is 15.9 Å². The van der Waals surface area contributed by atoms with Crippen molar-refractivity contribution in [3.05, 3.63) is 28.0 Å². The molecule has 0 atom stereocenters. The summed E-state index contributed by atoms with van der Waals surface area (Å²) in [5, 5.41) is 0. The molecule has 0 amide bonds. The third kappa shape index (κ3) is 3.43. The lowest BCUT2D eigenvalue weighted by molar-refractivity contribution is 0.0490. The van der Waals surface area contributed by atoms with Crippen LogP contribution in [0.25, 0.3) is 0 Å². The molecule has 0 spiro atoms. The van der Waals surface area contributed by atoms with E-state index in [2.05, 4.69) is 15.9 Å². The van der Waals surface area contributed by atoms with E-state index in [1.807, 2.05) is 0 Å². The number of rotatable bonds is 4. The van der Waals surface area contributed by atoms with Gasteiger partial charge >= 0.3 is 0 Å². The lowest BCUT2D eigenvalue weighted by Crippen LogP contribution is -2.21. The zero-order valence-corrected chi connectivity index (χ0v) is 11.7. The largest absolute Gasteiger partial charge is 0.489 e. The van der Waals surface area contributed by atoms with Gasteiger partial charge in [-0.05, 0) is 52.4 Å². The van der Waals surface area contributed by atoms with Crippen LogP contribution < -0.4 is 10.5 Å². The summed E-state index contributed by atoms with van der Waals surface area (Å²) in [5.74, 6) is 0.356. The Balaban J connectivity index is 2.00. The van der Waals surface area contributed by atoms with E-state index in [4.69, 9.17) is 15.2 Å². The molecule has 1 aromatic rings. The summed E-state index contributed by atoms with van der Waals surface area (Å²) in [4.78, 5) is 0. The zero-order chi connectivity index (χ0) is 13.0. The molecule has 1 aliphatic rings. The minimum Gasteiger partial charge on any atom is -0.489 e. The van der Waals surface area contributed by atoms with Crippen LogP contribution in [0.3, 0.4) is 0 Å². The van der Waals surface area contributed by atoms with Gasteiger partial charge in [-0.1, -0.05) is 0 Å². The predicted molar refractivity (Wildman–Crippen MR) is 71.0 cm³/mol. The van der Waals surface area contributed by atoms with Crippen molar-refractivity contribution in [3.8, 4) is 5.75 Å². The van der Waals surface area contributed by atoms with E-state index in [9.17, 15) is 4.39 Å². The van der Waals surface area contributed by atoms with Crippen LogP contribution in [0.1, 0.15) is 18.4 Å². The molecule has 1 fully saturated rings. The number of nitrogens with two attached hydrogens (primary N) is 1. The minimum absolute atomic E-state index is 0.277. The molecule has 0 saturated carbocycles. The standard InChI is InChI=1S/C13H17BrFNO2/c14-11-5-10(7-16)6-12(15)13(11)18-8-9-1-3-17-4-2-9/h5-6,9H,1-4,7-8,16H2. The Bertz CT molecular complexity index is 385. The van der Waals surface area contributed by atoms with E-state index in [1.165, 1.54) is 6.07 Å². The Kier molecular flexibility index (Phi) is 4.97. The topological polar surface area (TPSA) is 44.5 Å². The van der Waals surface area contributed by atoms with Crippen molar-refractivity contribution in [1.29, 1.82) is 0 Å². The van der Waals surface area contributed by atoms with Gasteiger partial charge in [-0.15, -0.1) is 0 Å². The van der Waals surface area contributed by atoms with Crippen molar-refractivity contribution in [2.45, 2.75) is 19.4 Å². The molecule has 0 aromatic heterocycles. The van der Waals surface area contributed by atoms with Crippen LogP contribution in [0.5, 0.6) is 5.75 Å². The van der Waals surface area contributed by atoms with E-state index < -0.39 is 0 Å². The van der Waals surface area contributed by atoms with E-state index >= 15 is 0 Å². The number of hydrogen-bond acceptors (Lipinski definition) is 3. The Hall–Kier alpha value is -0.650. The van der Waals surface area contributed by atoms with Crippen LogP contribution in [-0.2, 0) is 11.3 Å². The maximum absolute atomic E-state index is 13.8. The molecule has 1 saturated heterocycles. The van der Waals surface area contributed by atoms with Crippen LogP contribution in [-0.4, -0.2) is 19.8 Å². The average molecular weight is 318 g/mol. The van der Waals surface area contributed by atoms with Gasteiger partial charge < -0.3 is 15.2 Å². The molecule has 0 unspecified atom stereocenters. The Morgan fingerprint density at radius 2 is 2.11 bits per heavy atom. The van der Waals surface area contributed by atoms with Crippen molar-refractivity contribution in [1.82, 2.24) is 0 Å². The zero-order valence-electron chi connectivity index (χ0n) is 10.1. The van der Waals surface area contributed by atoms with Gasteiger partial charge in [0.15, 0.2) is 11.6 Å². The van der Waals surface area contributed by atoms with Gasteiger partial charge in [0.05, 0.1) is 11.1 Å². The second-order valence-electron chi connectivity index (χ2n) is 4.46. The average Bonchev–Trinajstić information content (AvgIpc) is 2.38. The molecule has 0 aliphatic carbocycles. The summed E-state index contributed by atoms with van der Waals surface area (Å²) in [6.45, 7) is 2.38. The highest BCUT2D eigenvalue weighted by molar-refractivity contribution is 9.10. The smallest absolute Gasteiger partial charge is 0.169 e. The highest BCUT2D eigenvalue weighted by Crippen LogP contribution is 2.30. The first-order valence-corrected chi connectivity index (χ1v) is 6.88. The number of ether oxygens (including phenoxy) is 2. The van der Waals surface area contributed by atoms with Crippen molar-refractivity contribution in [3.63, 3.8) is 0 Å². The molecule has 5 heteroatoms. The molecular weight excluding hydrogens is 301 g/mol. The van der Waals surface area contributed by atoms with Gasteiger partial charge in [0, 0.05) is 19.8 Å². The van der Waals surface area contributed by atoms with Crippen molar-refractivity contribution >= 4 is 15.9 Å². The normalized spacial score (nSPS) is 16.8. The molecule has 3 nitrogen and oxygen atoms in total. The van der Waals surface area contributed by atoms with Crippen LogP contribution in [0.15, 0.2) is 16.6 Å². The lowest BCUT2D eigenvalue weighted by Gasteiger charge is -2.22. The summed E-state index contributed by atoms with van der Waals surface area (Å²) in [6, 6.07) is 3.21. The highest BCUT2D eigenvalue weighted by atomic mass is 79.9. The van der Waals surface area contributed by atoms with E-state index in [0.29, 0.717) is 23.5 Å². The van der Waals surface area contributed by atoms with Crippen LogP contribution in [0.2, 0.25) is 0 Å². The van der Waals surface area contributed by atoms with Gasteiger partial charge in [-0.3, -0.25) is 0 Å². The van der Waals surface area contributed by atoms with Gasteiger partial charge in [-0.2, -0.15) is 0 Å². The van der Waals surface area contributed by atoms with E-state index in [1.54, 1.807) is 6.07 Å². The fraction of sp³-hybridized carbons (Fsp3) is 0.538. The number of halogens is 2. The van der Waals surface area contributed by atoms with Crippen LogP contribution in [0.4, 0.5) is 4.39 Å². The molecule has 1 aromatic carbocycles. The molecule has 0 bridgehead atoms. The van der Waals surface area contributed by atoms with Gasteiger partial charge in [0.25, 0.3) is 0 Å². The molecule has 0 radical (unpaired) electrons. The molecular formula is C13H17BrFNO2. The molecule has 2 N–H and O–H groups in total. The molecule has 1 aliphatic heterocycles. The van der Waals surface area contributed by atoms with Crippen molar-refractivity contribution in [2.24, 2.45) is 11.7 Å². The summed E-state index contributed by atoms with van der Waals surface area (Å²) in [7, 11) is 0. The lowest BCUT2D eigenvalue weighted by atomic mass is 10.0. The van der Waals surface area contributed by atoms with Gasteiger partial charge in [0.1, 0.15) is 0 Å². The fourth-order valence-electron chi connectivity index (χ4n) is 1.98. The molecule has 18 heavy (non-hydrogen) atoms. The quantitative estimate of drug-likeness (QED) is 0.928. The van der Waals surface area contributed by atoms with Crippen molar-refractivity contribution in [2.75, 3.05) is 19.8 Å². The van der Waals surface area contributed by atoms with Gasteiger partial charge in [-0.25, -0.2) is 4.39 Å². The first kappa shape index (κ1) is 13.8. The number of benzene rings is 1. The molecule has 100 valence electrons. The summed E-state index contributed by atoms with van der Waals surface area (Å²) in [6.07, 6.45) is 1.94. The summed E-state index contributed by atoms with van der Waals surface area (Å²) in [5.41, 5.74) is 6.23. The first-order chi connectivity index (χ1) is 8.70. The summed E-state index contributed by atoms with van der Waals surface area (Å²) >= 11 is 3.32. The maximum Gasteiger partial charge on any atom is 0.169 e. The SMILES string of the molecule is NCc1cc(F)c(OCC2CCOCC2)c(Br)c1. The monoisotopic (exact) mass is 317 g/mol. The Morgan fingerprint density at radius 1 is 1.39 bits per heavy atom. The Morgan fingerprint density at radius 3 is 2.72 bits per heavy atom. The third-order valence-electron chi connectivity index (χ3n) is 3.10. The first-order valence-electron chi connectivity index (χ1n) is 6.09. The maximum atomic E-state index is 13.8. The minimum atomic E-state index is -0.364. The third-order valence-corrected chi connectivity index (χ3v) is 3.69. The highest BCUT2D eigenvalue weighted by Gasteiger charge is 2.17. The van der Waals surface area contributed by atoms with Crippen molar-refractivity contribution < 1.29 is 13.9 Å². The molecule has 1 heterocycles. The number of hydrogen-bond donors (Lipinski definition) is 1. The van der Waals surface area contributed by atoms with E-state index in [-0.39, 0.29) is 11.6 Å². The second kappa shape index (κ2) is 6.50. The second-order valence-corrected chi connectivity index (χ2v) is 5.31. The Labute approximate surface area is 115 Å². The predicted octanol–water partition coefficient (Wildman–Crippen LogP) is 2.85. The van der Waals surface area contributed by atoms with E-state index in [0.717, 1.165) is 31.6 Å². The fourth-order valence-corrected chi connectivity index (χ4v) is 2.58. The molecule has 2 rings (SSSR count). The summed E-state index contributed by atoms with van der Waals surface area (Å²) < 4.78 is 25.3. The van der Waals surface area contributed by atoms with Gasteiger partial charge in [0.2, 0.25) is 0 Å². The van der Waals surface area contributed by atoms with Crippen LogP contribution in [0, 0.1) is 11.7 Å².